The monoisotopic (exact) mass is 279 g/mol. The van der Waals surface area contributed by atoms with Crippen molar-refractivity contribution in [2.45, 2.75) is 45.4 Å². The van der Waals surface area contributed by atoms with Gasteiger partial charge in [-0.1, -0.05) is 38.3 Å². The van der Waals surface area contributed by atoms with Crippen LogP contribution < -0.4 is 5.32 Å². The zero-order valence-electron chi connectivity index (χ0n) is 12.2. The van der Waals surface area contributed by atoms with Crippen LogP contribution in [0.3, 0.4) is 0 Å². The van der Waals surface area contributed by atoms with Gasteiger partial charge < -0.3 is 10.4 Å². The summed E-state index contributed by atoms with van der Waals surface area (Å²) < 4.78 is 0. The Kier molecular flexibility index (Phi) is 5.21. The number of rotatable bonds is 7. The number of amides is 1. The highest BCUT2D eigenvalue weighted by Crippen LogP contribution is 2.44. The third-order valence-electron chi connectivity index (χ3n) is 4.67. The normalized spacial score (nSPS) is 31.2. The van der Waals surface area contributed by atoms with Crippen LogP contribution in [0.4, 0.5) is 0 Å². The number of hydrogen-bond acceptors (Lipinski definition) is 2. The molecule has 0 aromatic rings. The molecule has 4 nitrogen and oxygen atoms in total. The summed E-state index contributed by atoms with van der Waals surface area (Å²) in [4.78, 5) is 23.8. The van der Waals surface area contributed by atoms with Gasteiger partial charge in [-0.05, 0) is 31.1 Å². The highest BCUT2D eigenvalue weighted by molar-refractivity contribution is 5.86. The largest absolute Gasteiger partial charge is 0.481 e. The average molecular weight is 279 g/mol. The number of fused-ring (bicyclic) bond motifs is 2. The van der Waals surface area contributed by atoms with E-state index in [-0.39, 0.29) is 23.7 Å². The van der Waals surface area contributed by atoms with Crippen molar-refractivity contribution in [1.82, 2.24) is 5.32 Å². The molecule has 3 aliphatic rings. The summed E-state index contributed by atoms with van der Waals surface area (Å²) in [5.41, 5.74) is 0. The van der Waals surface area contributed by atoms with Crippen LogP contribution >= 0.6 is 0 Å². The molecule has 2 bridgehead atoms. The topological polar surface area (TPSA) is 66.4 Å². The first kappa shape index (κ1) is 15.1. The Balaban J connectivity index is 1.90. The highest BCUT2D eigenvalue weighted by Gasteiger charge is 2.47. The van der Waals surface area contributed by atoms with E-state index in [2.05, 4.69) is 18.3 Å². The van der Waals surface area contributed by atoms with Gasteiger partial charge in [0.2, 0.25) is 5.91 Å². The second-order valence-electron chi connectivity index (χ2n) is 6.03. The van der Waals surface area contributed by atoms with Crippen molar-refractivity contribution in [2.75, 3.05) is 6.54 Å². The van der Waals surface area contributed by atoms with Crippen LogP contribution in [0.2, 0.25) is 0 Å². The van der Waals surface area contributed by atoms with Gasteiger partial charge in [0.25, 0.3) is 0 Å². The Morgan fingerprint density at radius 2 is 1.75 bits per heavy atom. The second kappa shape index (κ2) is 6.91. The van der Waals surface area contributed by atoms with Crippen LogP contribution in [0.5, 0.6) is 0 Å². The number of allylic oxidation sites excluding steroid dienone is 2. The second-order valence-corrected chi connectivity index (χ2v) is 6.03. The fraction of sp³-hybridized carbons (Fsp3) is 0.750. The van der Waals surface area contributed by atoms with E-state index in [1.807, 2.05) is 6.08 Å². The van der Waals surface area contributed by atoms with Crippen LogP contribution in [-0.2, 0) is 9.59 Å². The Morgan fingerprint density at radius 3 is 2.30 bits per heavy atom. The predicted molar refractivity (Wildman–Crippen MR) is 77.1 cm³/mol. The first-order valence-corrected chi connectivity index (χ1v) is 7.84. The molecule has 112 valence electrons. The third kappa shape index (κ3) is 3.22. The van der Waals surface area contributed by atoms with Gasteiger partial charge in [0.05, 0.1) is 11.8 Å². The van der Waals surface area contributed by atoms with E-state index >= 15 is 0 Å². The molecule has 1 fully saturated rings. The number of nitrogens with one attached hydrogen (secondary N) is 1. The van der Waals surface area contributed by atoms with Crippen molar-refractivity contribution in [3.63, 3.8) is 0 Å². The van der Waals surface area contributed by atoms with Gasteiger partial charge in [-0.2, -0.15) is 0 Å². The lowest BCUT2D eigenvalue weighted by molar-refractivity contribution is -0.152. The van der Waals surface area contributed by atoms with Crippen LogP contribution in [0.25, 0.3) is 0 Å². The molecule has 0 spiro atoms. The summed E-state index contributed by atoms with van der Waals surface area (Å²) in [5.74, 6) is -1.65. The van der Waals surface area contributed by atoms with Gasteiger partial charge in [-0.25, -0.2) is 0 Å². The molecule has 1 saturated carbocycles. The summed E-state index contributed by atoms with van der Waals surface area (Å²) in [6.45, 7) is 2.82. The molecule has 4 heteroatoms. The first-order chi connectivity index (χ1) is 9.65. The van der Waals surface area contributed by atoms with Crippen molar-refractivity contribution >= 4 is 11.9 Å². The molecule has 0 aromatic heterocycles. The van der Waals surface area contributed by atoms with E-state index in [0.717, 1.165) is 25.7 Å². The minimum atomic E-state index is -0.824. The maximum Gasteiger partial charge on any atom is 0.307 e. The quantitative estimate of drug-likeness (QED) is 0.556. The number of unbranched alkanes of at least 4 members (excludes halogenated alkanes) is 3. The fourth-order valence-corrected chi connectivity index (χ4v) is 3.57. The zero-order valence-corrected chi connectivity index (χ0v) is 12.2. The lowest BCUT2D eigenvalue weighted by Crippen LogP contribution is -2.49. The van der Waals surface area contributed by atoms with Crippen molar-refractivity contribution in [2.24, 2.45) is 23.7 Å². The van der Waals surface area contributed by atoms with Crippen molar-refractivity contribution in [3.05, 3.63) is 12.2 Å². The minimum absolute atomic E-state index is 0.0355. The molecule has 3 aliphatic carbocycles. The molecule has 0 aromatic carbocycles. The molecular weight excluding hydrogens is 254 g/mol. The van der Waals surface area contributed by atoms with Crippen LogP contribution in [0.15, 0.2) is 12.2 Å². The van der Waals surface area contributed by atoms with Gasteiger partial charge in [-0.15, -0.1) is 0 Å². The predicted octanol–water partition coefficient (Wildman–Crippen LogP) is 2.60. The van der Waals surface area contributed by atoms with E-state index in [1.54, 1.807) is 0 Å². The molecule has 0 saturated heterocycles. The fourth-order valence-electron chi connectivity index (χ4n) is 3.57. The van der Waals surface area contributed by atoms with E-state index < -0.39 is 11.9 Å². The minimum Gasteiger partial charge on any atom is -0.481 e. The van der Waals surface area contributed by atoms with E-state index in [4.69, 9.17) is 0 Å². The van der Waals surface area contributed by atoms with E-state index in [9.17, 15) is 14.7 Å². The molecule has 4 unspecified atom stereocenters. The van der Waals surface area contributed by atoms with E-state index in [0.29, 0.717) is 6.54 Å². The van der Waals surface area contributed by atoms with Crippen LogP contribution in [0.1, 0.15) is 45.4 Å². The summed E-state index contributed by atoms with van der Waals surface area (Å²) >= 11 is 0. The molecule has 0 radical (unpaired) electrons. The molecule has 20 heavy (non-hydrogen) atoms. The number of carboxylic acids is 1. The number of carbonyl (C=O) groups is 2. The smallest absolute Gasteiger partial charge is 0.307 e. The standard InChI is InChI=1S/C16H25NO3/c1-2-3-4-5-10-17-15(18)13-11-6-8-12(9-7-11)14(13)16(19)20/h6,8,11-14H,2-5,7,9-10H2,1H3,(H,17,18)(H,19,20). The summed E-state index contributed by atoms with van der Waals surface area (Å²) in [5, 5.41) is 12.4. The number of aliphatic carboxylic acids is 1. The highest BCUT2D eigenvalue weighted by atomic mass is 16.4. The van der Waals surface area contributed by atoms with Crippen molar-refractivity contribution in [1.29, 1.82) is 0 Å². The first-order valence-electron chi connectivity index (χ1n) is 7.84. The number of hydrogen-bond donors (Lipinski definition) is 2. The SMILES string of the molecule is CCCCCCNC(=O)C1C2C=CC(CC2)C1C(=O)O. The average Bonchev–Trinajstić information content (AvgIpc) is 2.47. The Hall–Kier alpha value is -1.32. The van der Waals surface area contributed by atoms with Crippen LogP contribution in [-0.4, -0.2) is 23.5 Å². The molecular formula is C16H25NO3. The Morgan fingerprint density at radius 1 is 1.10 bits per heavy atom. The van der Waals surface area contributed by atoms with Crippen molar-refractivity contribution in [3.8, 4) is 0 Å². The van der Waals surface area contributed by atoms with Crippen LogP contribution in [0, 0.1) is 23.7 Å². The maximum atomic E-state index is 12.3. The number of carboxylic acid groups (broad SMARTS) is 1. The third-order valence-corrected chi connectivity index (χ3v) is 4.67. The maximum absolute atomic E-state index is 12.3. The molecule has 4 atom stereocenters. The van der Waals surface area contributed by atoms with Gasteiger partial charge in [0, 0.05) is 6.54 Å². The molecule has 0 aliphatic heterocycles. The lowest BCUT2D eigenvalue weighted by atomic mass is 9.62. The Bertz CT molecular complexity index is 391. The number of carbonyl (C=O) groups excluding carboxylic acids is 1. The molecule has 2 N–H and O–H groups in total. The van der Waals surface area contributed by atoms with Crippen molar-refractivity contribution < 1.29 is 14.7 Å². The van der Waals surface area contributed by atoms with Gasteiger partial charge in [-0.3, -0.25) is 9.59 Å². The van der Waals surface area contributed by atoms with E-state index in [1.165, 1.54) is 12.8 Å². The Labute approximate surface area is 120 Å². The van der Waals surface area contributed by atoms with Gasteiger partial charge in [0.15, 0.2) is 0 Å². The molecule has 0 heterocycles. The van der Waals surface area contributed by atoms with Gasteiger partial charge in [0.1, 0.15) is 0 Å². The summed E-state index contributed by atoms with van der Waals surface area (Å²) in [6.07, 6.45) is 10.4. The summed E-state index contributed by atoms with van der Waals surface area (Å²) in [7, 11) is 0. The van der Waals surface area contributed by atoms with Gasteiger partial charge >= 0.3 is 5.97 Å². The summed E-state index contributed by atoms with van der Waals surface area (Å²) in [6, 6.07) is 0. The molecule has 3 rings (SSSR count). The zero-order chi connectivity index (χ0) is 14.5. The molecule has 1 amide bonds. The lowest BCUT2D eigenvalue weighted by Gasteiger charge is -2.41.